The molecule has 3 rings (SSSR count). The molecule has 124 valence electrons. The van der Waals surface area contributed by atoms with Crippen molar-refractivity contribution in [2.75, 3.05) is 16.6 Å². The first-order chi connectivity index (χ1) is 11.3. The van der Waals surface area contributed by atoms with Crippen LogP contribution in [0.2, 0.25) is 0 Å². The molecule has 1 aliphatic heterocycles. The third-order valence-corrected chi connectivity index (χ3v) is 4.82. The molecule has 0 aliphatic carbocycles. The van der Waals surface area contributed by atoms with E-state index in [9.17, 15) is 18.0 Å². The van der Waals surface area contributed by atoms with E-state index in [1.54, 1.807) is 12.1 Å². The van der Waals surface area contributed by atoms with Gasteiger partial charge in [0, 0.05) is 17.3 Å². The average Bonchev–Trinajstić information content (AvgIpc) is 2.54. The number of carbonyl (C=O) groups is 2. The number of amides is 1. The van der Waals surface area contributed by atoms with Gasteiger partial charge in [0.2, 0.25) is 0 Å². The van der Waals surface area contributed by atoms with Gasteiger partial charge < -0.3 is 10.1 Å². The van der Waals surface area contributed by atoms with Gasteiger partial charge >= 0.3 is 0 Å². The molecule has 0 radical (unpaired) electrons. The molecule has 0 spiro atoms. The van der Waals surface area contributed by atoms with E-state index >= 15 is 0 Å². The number of fused-ring (bicyclic) bond motifs is 1. The minimum absolute atomic E-state index is 0.00745. The molecule has 0 fully saturated rings. The largest absolute Gasteiger partial charge is 0.482 e. The number of ketones is 1. The molecule has 0 aromatic heterocycles. The quantitative estimate of drug-likeness (QED) is 0.825. The normalized spacial score (nSPS) is 13.5. The molecule has 0 saturated carbocycles. The standard InChI is InChI=1S/C16H14N2O5S/c1-10(19)11-2-4-12(5-3-11)18-24(21,22)13-6-7-14-15(8-13)23-9-16(20)17-14/h2-8,18H,9H2,1H3,(H,17,20). The number of anilines is 2. The number of Topliss-reactive ketones (excluding diaryl/α,β-unsaturated/α-hetero) is 1. The summed E-state index contributed by atoms with van der Waals surface area (Å²) in [4.78, 5) is 22.5. The Kier molecular flexibility index (Phi) is 3.98. The fraction of sp³-hybridized carbons (Fsp3) is 0.125. The van der Waals surface area contributed by atoms with Crippen LogP contribution in [0.1, 0.15) is 17.3 Å². The highest BCUT2D eigenvalue weighted by Gasteiger charge is 2.21. The molecular formula is C16H14N2O5S. The van der Waals surface area contributed by atoms with Gasteiger partial charge in [-0.15, -0.1) is 0 Å². The summed E-state index contributed by atoms with van der Waals surface area (Å²) in [5.74, 6) is -0.0931. The van der Waals surface area contributed by atoms with Crippen LogP contribution < -0.4 is 14.8 Å². The minimum Gasteiger partial charge on any atom is -0.482 e. The van der Waals surface area contributed by atoms with E-state index in [1.165, 1.54) is 37.3 Å². The minimum atomic E-state index is -3.82. The Hall–Kier alpha value is -2.87. The Balaban J connectivity index is 1.85. The van der Waals surface area contributed by atoms with Crippen LogP contribution in [0, 0.1) is 0 Å². The monoisotopic (exact) mass is 346 g/mol. The zero-order chi connectivity index (χ0) is 17.3. The molecular weight excluding hydrogens is 332 g/mol. The molecule has 2 aromatic carbocycles. The zero-order valence-corrected chi connectivity index (χ0v) is 13.5. The fourth-order valence-corrected chi connectivity index (χ4v) is 3.28. The number of sulfonamides is 1. The number of rotatable bonds is 4. The first kappa shape index (κ1) is 16.0. The van der Waals surface area contributed by atoms with Gasteiger partial charge in [0.05, 0.1) is 10.6 Å². The molecule has 2 N–H and O–H groups in total. The number of ether oxygens (including phenoxy) is 1. The maximum atomic E-state index is 12.4. The Labute approximate surface area is 138 Å². The van der Waals surface area contributed by atoms with Crippen LogP contribution in [-0.2, 0) is 14.8 Å². The van der Waals surface area contributed by atoms with Crippen molar-refractivity contribution in [1.29, 1.82) is 0 Å². The van der Waals surface area contributed by atoms with Gasteiger partial charge in [0.15, 0.2) is 12.4 Å². The molecule has 24 heavy (non-hydrogen) atoms. The second-order valence-corrected chi connectivity index (χ2v) is 6.92. The topological polar surface area (TPSA) is 102 Å². The molecule has 1 amide bonds. The van der Waals surface area contributed by atoms with Gasteiger partial charge in [-0.05, 0) is 43.3 Å². The van der Waals surface area contributed by atoms with Crippen molar-refractivity contribution in [1.82, 2.24) is 0 Å². The molecule has 8 heteroatoms. The Morgan fingerprint density at radius 3 is 2.54 bits per heavy atom. The Bertz CT molecular complexity index is 920. The highest BCUT2D eigenvalue weighted by atomic mass is 32.2. The van der Waals surface area contributed by atoms with E-state index in [2.05, 4.69) is 10.0 Å². The van der Waals surface area contributed by atoms with Crippen molar-refractivity contribution in [3.05, 3.63) is 48.0 Å². The lowest BCUT2D eigenvalue weighted by molar-refractivity contribution is -0.118. The van der Waals surface area contributed by atoms with Crippen molar-refractivity contribution in [3.8, 4) is 5.75 Å². The number of hydrogen-bond donors (Lipinski definition) is 2. The molecule has 7 nitrogen and oxygen atoms in total. The maximum Gasteiger partial charge on any atom is 0.262 e. The summed E-state index contributed by atoms with van der Waals surface area (Å²) < 4.78 is 32.6. The van der Waals surface area contributed by atoms with Crippen molar-refractivity contribution >= 4 is 33.1 Å². The van der Waals surface area contributed by atoms with Gasteiger partial charge in [0.25, 0.3) is 15.9 Å². The SMILES string of the molecule is CC(=O)c1ccc(NS(=O)(=O)c2ccc3c(c2)OCC(=O)N3)cc1. The number of benzene rings is 2. The van der Waals surface area contributed by atoms with E-state index in [-0.39, 0.29) is 23.2 Å². The summed E-state index contributed by atoms with van der Waals surface area (Å²) in [5, 5.41) is 2.59. The second kappa shape index (κ2) is 5.97. The summed E-state index contributed by atoms with van der Waals surface area (Å²) in [6.45, 7) is 1.28. The molecule has 0 bridgehead atoms. The highest BCUT2D eigenvalue weighted by molar-refractivity contribution is 7.92. The number of nitrogens with one attached hydrogen (secondary N) is 2. The maximum absolute atomic E-state index is 12.4. The van der Waals surface area contributed by atoms with Crippen molar-refractivity contribution in [3.63, 3.8) is 0 Å². The Morgan fingerprint density at radius 1 is 1.17 bits per heavy atom. The van der Waals surface area contributed by atoms with Crippen LogP contribution in [0.4, 0.5) is 11.4 Å². The van der Waals surface area contributed by atoms with Crippen molar-refractivity contribution in [2.24, 2.45) is 0 Å². The first-order valence-electron chi connectivity index (χ1n) is 7.06. The zero-order valence-electron chi connectivity index (χ0n) is 12.7. The van der Waals surface area contributed by atoms with Crippen LogP contribution >= 0.6 is 0 Å². The lowest BCUT2D eigenvalue weighted by Crippen LogP contribution is -2.25. The molecule has 1 heterocycles. The van der Waals surface area contributed by atoms with Crippen LogP contribution in [0.5, 0.6) is 5.75 Å². The average molecular weight is 346 g/mol. The summed E-state index contributed by atoms with van der Waals surface area (Å²) in [6.07, 6.45) is 0. The Morgan fingerprint density at radius 2 is 1.88 bits per heavy atom. The van der Waals surface area contributed by atoms with Gasteiger partial charge in [0.1, 0.15) is 5.75 Å². The number of hydrogen-bond acceptors (Lipinski definition) is 5. The first-order valence-corrected chi connectivity index (χ1v) is 8.54. The van der Waals surface area contributed by atoms with Crippen LogP contribution in [-0.4, -0.2) is 26.7 Å². The summed E-state index contributed by atoms with van der Waals surface area (Å²) in [7, 11) is -3.82. The van der Waals surface area contributed by atoms with Crippen molar-refractivity contribution in [2.45, 2.75) is 11.8 Å². The van der Waals surface area contributed by atoms with Crippen LogP contribution in [0.15, 0.2) is 47.4 Å². The lowest BCUT2D eigenvalue weighted by Gasteiger charge is -2.18. The third kappa shape index (κ3) is 3.23. The van der Waals surface area contributed by atoms with E-state index < -0.39 is 10.0 Å². The molecule has 0 saturated heterocycles. The summed E-state index contributed by atoms with van der Waals surface area (Å²) >= 11 is 0. The van der Waals surface area contributed by atoms with Crippen LogP contribution in [0.25, 0.3) is 0 Å². The molecule has 1 aliphatic rings. The second-order valence-electron chi connectivity index (χ2n) is 5.23. The third-order valence-electron chi connectivity index (χ3n) is 3.44. The molecule has 0 atom stereocenters. The van der Waals surface area contributed by atoms with E-state index in [4.69, 9.17) is 4.74 Å². The molecule has 2 aromatic rings. The molecule has 0 unspecified atom stereocenters. The highest BCUT2D eigenvalue weighted by Crippen LogP contribution is 2.30. The van der Waals surface area contributed by atoms with E-state index in [1.807, 2.05) is 0 Å². The van der Waals surface area contributed by atoms with E-state index in [0.29, 0.717) is 22.7 Å². The van der Waals surface area contributed by atoms with Gasteiger partial charge in [-0.2, -0.15) is 0 Å². The predicted octanol–water partition coefficient (Wildman–Crippen LogP) is 2.02. The van der Waals surface area contributed by atoms with Gasteiger partial charge in [-0.1, -0.05) is 0 Å². The van der Waals surface area contributed by atoms with Gasteiger partial charge in [-0.3, -0.25) is 14.3 Å². The fourth-order valence-electron chi connectivity index (χ4n) is 2.21. The summed E-state index contributed by atoms with van der Waals surface area (Å²) in [6, 6.07) is 10.3. The lowest BCUT2D eigenvalue weighted by atomic mass is 10.1. The van der Waals surface area contributed by atoms with Crippen LogP contribution in [0.3, 0.4) is 0 Å². The van der Waals surface area contributed by atoms with E-state index in [0.717, 1.165) is 0 Å². The van der Waals surface area contributed by atoms with Gasteiger partial charge in [-0.25, -0.2) is 8.42 Å². The number of carbonyl (C=O) groups excluding carboxylic acids is 2. The van der Waals surface area contributed by atoms with Crippen molar-refractivity contribution < 1.29 is 22.7 Å². The predicted molar refractivity (Wildman–Crippen MR) is 87.8 cm³/mol. The smallest absolute Gasteiger partial charge is 0.262 e. The summed E-state index contributed by atoms with van der Waals surface area (Å²) in [5.41, 5.74) is 1.26.